The minimum absolute atomic E-state index is 0.0454. The molecule has 2 aromatic rings. The zero-order valence-electron chi connectivity index (χ0n) is 13.1. The summed E-state index contributed by atoms with van der Waals surface area (Å²) in [6, 6.07) is 16.0. The molecular weight excluding hydrogens is 354 g/mol. The smallest absolute Gasteiger partial charge is 0.258 e. The fraction of sp³-hybridized carbons (Fsp3) is 0.316. The van der Waals surface area contributed by atoms with Crippen LogP contribution in [0.15, 0.2) is 53.0 Å². The Bertz CT molecular complexity index is 676. The molecular formula is C19H20BrNO2. The van der Waals surface area contributed by atoms with Gasteiger partial charge in [-0.1, -0.05) is 47.1 Å². The van der Waals surface area contributed by atoms with Crippen molar-refractivity contribution in [3.8, 4) is 5.75 Å². The van der Waals surface area contributed by atoms with Crippen molar-refractivity contribution in [3.63, 3.8) is 0 Å². The number of carbonyl (C=O) groups excluding carboxylic acids is 1. The van der Waals surface area contributed by atoms with Crippen LogP contribution < -0.4 is 10.1 Å². The zero-order valence-corrected chi connectivity index (χ0v) is 14.7. The molecule has 1 amide bonds. The van der Waals surface area contributed by atoms with E-state index in [9.17, 15) is 4.79 Å². The van der Waals surface area contributed by atoms with Crippen LogP contribution in [-0.2, 0) is 16.8 Å². The third-order valence-electron chi connectivity index (χ3n) is 4.23. The number of halogens is 1. The summed E-state index contributed by atoms with van der Waals surface area (Å²) in [6.07, 6.45) is 2.95. The van der Waals surface area contributed by atoms with Gasteiger partial charge < -0.3 is 10.1 Å². The largest absolute Gasteiger partial charge is 0.484 e. The third-order valence-corrected chi connectivity index (χ3v) is 4.76. The lowest BCUT2D eigenvalue weighted by molar-refractivity contribution is -0.124. The van der Waals surface area contributed by atoms with Crippen LogP contribution in [0, 0.1) is 0 Å². The second kappa shape index (κ2) is 6.75. The van der Waals surface area contributed by atoms with Gasteiger partial charge in [0.1, 0.15) is 5.75 Å². The molecule has 0 aromatic heterocycles. The Labute approximate surface area is 145 Å². The van der Waals surface area contributed by atoms with Gasteiger partial charge in [0.25, 0.3) is 5.91 Å². The fourth-order valence-electron chi connectivity index (χ4n) is 2.65. The van der Waals surface area contributed by atoms with E-state index in [2.05, 4.69) is 40.3 Å². The number of hydrogen-bond donors (Lipinski definition) is 1. The molecule has 0 unspecified atom stereocenters. The normalized spacial score (nSPS) is 15.0. The van der Waals surface area contributed by atoms with Gasteiger partial charge in [-0.25, -0.2) is 0 Å². The van der Waals surface area contributed by atoms with Crippen LogP contribution in [0.1, 0.15) is 30.9 Å². The Hall–Kier alpha value is -1.81. The van der Waals surface area contributed by atoms with Crippen molar-refractivity contribution in [2.45, 2.75) is 31.7 Å². The van der Waals surface area contributed by atoms with E-state index in [1.165, 1.54) is 5.56 Å². The molecule has 1 fully saturated rings. The molecule has 1 saturated carbocycles. The molecule has 0 saturated heterocycles. The number of ether oxygens (including phenoxy) is 1. The van der Waals surface area contributed by atoms with E-state index in [0.29, 0.717) is 0 Å². The highest BCUT2D eigenvalue weighted by molar-refractivity contribution is 9.10. The number of nitrogens with one attached hydrogen (secondary N) is 1. The average molecular weight is 374 g/mol. The van der Waals surface area contributed by atoms with Crippen molar-refractivity contribution in [1.29, 1.82) is 0 Å². The predicted molar refractivity (Wildman–Crippen MR) is 94.5 cm³/mol. The maximum atomic E-state index is 12.2. The summed E-state index contributed by atoms with van der Waals surface area (Å²) in [4.78, 5) is 12.2. The second-order valence-corrected chi connectivity index (χ2v) is 6.84. The van der Waals surface area contributed by atoms with Crippen molar-refractivity contribution in [2.24, 2.45) is 0 Å². The van der Waals surface area contributed by atoms with Gasteiger partial charge in [0.15, 0.2) is 6.61 Å². The lowest BCUT2D eigenvalue weighted by Gasteiger charge is -2.18. The van der Waals surface area contributed by atoms with Gasteiger partial charge in [-0.3, -0.25) is 4.79 Å². The van der Waals surface area contributed by atoms with Gasteiger partial charge in [0.05, 0.1) is 5.54 Å². The summed E-state index contributed by atoms with van der Waals surface area (Å²) < 4.78 is 6.62. The quantitative estimate of drug-likeness (QED) is 0.823. The van der Waals surface area contributed by atoms with Crippen LogP contribution in [0.2, 0.25) is 0 Å². The maximum Gasteiger partial charge on any atom is 0.258 e. The second-order valence-electron chi connectivity index (χ2n) is 5.92. The SMILES string of the molecule is CCc1ccc(OCC(=O)NC2(c3ccc(Br)cc3)CC2)cc1. The molecule has 1 aliphatic rings. The van der Waals surface area contributed by atoms with Crippen molar-refractivity contribution < 1.29 is 9.53 Å². The molecule has 120 valence electrons. The monoisotopic (exact) mass is 373 g/mol. The van der Waals surface area contributed by atoms with E-state index in [1.807, 2.05) is 36.4 Å². The number of carbonyl (C=O) groups is 1. The van der Waals surface area contributed by atoms with E-state index in [4.69, 9.17) is 4.74 Å². The van der Waals surface area contributed by atoms with Crippen LogP contribution in [0.25, 0.3) is 0 Å². The highest BCUT2D eigenvalue weighted by atomic mass is 79.9. The molecule has 0 heterocycles. The van der Waals surface area contributed by atoms with E-state index in [0.717, 1.165) is 35.0 Å². The molecule has 0 aliphatic heterocycles. The lowest BCUT2D eigenvalue weighted by atomic mass is 10.1. The Morgan fingerprint density at radius 1 is 1.13 bits per heavy atom. The first kappa shape index (κ1) is 16.1. The van der Waals surface area contributed by atoms with Crippen molar-refractivity contribution in [2.75, 3.05) is 6.61 Å². The Morgan fingerprint density at radius 3 is 2.35 bits per heavy atom. The average Bonchev–Trinajstić information content (AvgIpc) is 3.34. The molecule has 0 radical (unpaired) electrons. The van der Waals surface area contributed by atoms with Crippen LogP contribution >= 0.6 is 15.9 Å². The number of amides is 1. The summed E-state index contributed by atoms with van der Waals surface area (Å²) >= 11 is 3.44. The fourth-order valence-corrected chi connectivity index (χ4v) is 2.92. The molecule has 0 spiro atoms. The van der Waals surface area contributed by atoms with E-state index < -0.39 is 0 Å². The number of aryl methyl sites for hydroxylation is 1. The Morgan fingerprint density at radius 2 is 1.78 bits per heavy atom. The summed E-state index contributed by atoms with van der Waals surface area (Å²) in [7, 11) is 0. The molecule has 0 atom stereocenters. The first-order valence-electron chi connectivity index (χ1n) is 7.90. The molecule has 2 aromatic carbocycles. The van der Waals surface area contributed by atoms with Gasteiger partial charge in [0.2, 0.25) is 0 Å². The standard InChI is InChI=1S/C19H20BrNO2/c1-2-14-3-9-17(10-4-14)23-13-18(22)21-19(11-12-19)15-5-7-16(20)8-6-15/h3-10H,2,11-13H2,1H3,(H,21,22). The first-order valence-corrected chi connectivity index (χ1v) is 8.69. The van der Waals surface area contributed by atoms with Gasteiger partial charge in [-0.15, -0.1) is 0 Å². The van der Waals surface area contributed by atoms with Gasteiger partial charge in [-0.05, 0) is 54.7 Å². The number of hydrogen-bond acceptors (Lipinski definition) is 2. The first-order chi connectivity index (χ1) is 11.1. The molecule has 0 bridgehead atoms. The summed E-state index contributed by atoms with van der Waals surface area (Å²) in [5.74, 6) is 0.649. The lowest BCUT2D eigenvalue weighted by Crippen LogP contribution is -2.38. The molecule has 23 heavy (non-hydrogen) atoms. The van der Waals surface area contributed by atoms with Crippen LogP contribution in [0.3, 0.4) is 0 Å². The van der Waals surface area contributed by atoms with Crippen molar-refractivity contribution >= 4 is 21.8 Å². The minimum Gasteiger partial charge on any atom is -0.484 e. The Balaban J connectivity index is 1.55. The molecule has 3 rings (SSSR count). The number of rotatable bonds is 6. The topological polar surface area (TPSA) is 38.3 Å². The summed E-state index contributed by atoms with van der Waals surface area (Å²) in [6.45, 7) is 2.16. The van der Waals surface area contributed by atoms with E-state index >= 15 is 0 Å². The van der Waals surface area contributed by atoms with Gasteiger partial charge in [-0.2, -0.15) is 0 Å². The van der Waals surface area contributed by atoms with Gasteiger partial charge in [0, 0.05) is 4.47 Å². The van der Waals surface area contributed by atoms with E-state index in [1.54, 1.807) is 0 Å². The van der Waals surface area contributed by atoms with Crippen LogP contribution in [0.5, 0.6) is 5.75 Å². The maximum absolute atomic E-state index is 12.2. The van der Waals surface area contributed by atoms with Crippen LogP contribution in [0.4, 0.5) is 0 Å². The predicted octanol–water partition coefficient (Wildman–Crippen LogP) is 4.20. The van der Waals surface area contributed by atoms with Gasteiger partial charge >= 0.3 is 0 Å². The molecule has 1 N–H and O–H groups in total. The number of benzene rings is 2. The summed E-state index contributed by atoms with van der Waals surface area (Å²) in [5, 5.41) is 3.12. The van der Waals surface area contributed by atoms with Crippen LogP contribution in [-0.4, -0.2) is 12.5 Å². The highest BCUT2D eigenvalue weighted by Gasteiger charge is 2.45. The Kier molecular flexibility index (Phi) is 4.71. The highest BCUT2D eigenvalue weighted by Crippen LogP contribution is 2.45. The summed E-state index contributed by atoms with van der Waals surface area (Å²) in [5.41, 5.74) is 2.21. The van der Waals surface area contributed by atoms with Crippen molar-refractivity contribution in [1.82, 2.24) is 5.32 Å². The zero-order chi connectivity index (χ0) is 16.3. The van der Waals surface area contributed by atoms with Crippen molar-refractivity contribution in [3.05, 3.63) is 64.1 Å². The minimum atomic E-state index is -0.201. The molecule has 4 heteroatoms. The van der Waals surface area contributed by atoms with E-state index in [-0.39, 0.29) is 18.1 Å². The third kappa shape index (κ3) is 3.94. The molecule has 1 aliphatic carbocycles. The molecule has 3 nitrogen and oxygen atoms in total.